The highest BCUT2D eigenvalue weighted by Gasteiger charge is 2.34. The number of hydrogen-bond acceptors (Lipinski definition) is 4. The lowest BCUT2D eigenvalue weighted by Crippen LogP contribution is -2.42. The molecule has 0 saturated carbocycles. The van der Waals surface area contributed by atoms with E-state index in [0.717, 1.165) is 17.2 Å². The van der Waals surface area contributed by atoms with Crippen LogP contribution in [0.1, 0.15) is 33.9 Å². The Morgan fingerprint density at radius 3 is 2.43 bits per heavy atom. The molecule has 0 saturated heterocycles. The van der Waals surface area contributed by atoms with E-state index < -0.39 is 17.6 Å². The van der Waals surface area contributed by atoms with E-state index in [2.05, 4.69) is 5.10 Å². The Morgan fingerprint density at radius 2 is 1.74 bits per heavy atom. The maximum atomic E-state index is 13.7. The third kappa shape index (κ3) is 5.78. The van der Waals surface area contributed by atoms with E-state index in [1.807, 2.05) is 30.3 Å². The van der Waals surface area contributed by atoms with Crippen molar-refractivity contribution < 1.29 is 23.1 Å². The quantitative estimate of drug-likeness (QED) is 0.482. The van der Waals surface area contributed by atoms with Gasteiger partial charge in [0.1, 0.15) is 18.2 Å². The van der Waals surface area contributed by atoms with Gasteiger partial charge in [0.15, 0.2) is 0 Å². The monoisotopic (exact) mass is 477 g/mol. The van der Waals surface area contributed by atoms with Gasteiger partial charge in [-0.15, -0.1) is 0 Å². The average molecular weight is 478 g/mol. The largest absolute Gasteiger partial charge is 0.383 e. The second kappa shape index (κ2) is 11.0. The summed E-state index contributed by atoms with van der Waals surface area (Å²) in [5.74, 6) is -1.76. The third-order valence-electron chi connectivity index (χ3n) is 5.78. The maximum absolute atomic E-state index is 13.7. The van der Waals surface area contributed by atoms with Crippen LogP contribution < -0.4 is 0 Å². The number of nitrogens with zero attached hydrogens (tertiary/aromatic N) is 3. The number of ether oxygens (including phenoxy) is 1. The summed E-state index contributed by atoms with van der Waals surface area (Å²) >= 11 is 0. The van der Waals surface area contributed by atoms with E-state index in [9.17, 15) is 18.4 Å². The minimum Gasteiger partial charge on any atom is -0.383 e. The Kier molecular flexibility index (Phi) is 7.62. The first-order valence-corrected chi connectivity index (χ1v) is 11.2. The molecule has 4 rings (SSSR count). The zero-order valence-corrected chi connectivity index (χ0v) is 19.2. The van der Waals surface area contributed by atoms with Crippen LogP contribution in [0.5, 0.6) is 0 Å². The minimum absolute atomic E-state index is 0.144. The van der Waals surface area contributed by atoms with Gasteiger partial charge in [0.2, 0.25) is 0 Å². The highest BCUT2D eigenvalue weighted by atomic mass is 19.1. The van der Waals surface area contributed by atoms with Crippen LogP contribution >= 0.6 is 0 Å². The predicted molar refractivity (Wildman–Crippen MR) is 128 cm³/mol. The molecule has 1 aliphatic heterocycles. The van der Waals surface area contributed by atoms with Crippen LogP contribution in [0.15, 0.2) is 84.0 Å². The molecule has 1 heterocycles. The zero-order chi connectivity index (χ0) is 24.8. The molecule has 6 nitrogen and oxygen atoms in total. The van der Waals surface area contributed by atoms with Crippen molar-refractivity contribution in [3.8, 4) is 0 Å². The molecule has 8 heteroatoms. The fourth-order valence-corrected chi connectivity index (χ4v) is 3.99. The van der Waals surface area contributed by atoms with Crippen molar-refractivity contribution in [2.24, 2.45) is 5.10 Å². The summed E-state index contributed by atoms with van der Waals surface area (Å²) < 4.78 is 32.3. The molecule has 2 amide bonds. The molecule has 180 valence electrons. The van der Waals surface area contributed by atoms with Gasteiger partial charge in [-0.05, 0) is 41.5 Å². The highest BCUT2D eigenvalue weighted by Crippen LogP contribution is 2.33. The average Bonchev–Trinajstić information content (AvgIpc) is 3.33. The Balaban J connectivity index is 1.61. The summed E-state index contributed by atoms with van der Waals surface area (Å²) in [7, 11) is 1.50. The number of hydrogen-bond donors (Lipinski definition) is 0. The Labute approximate surface area is 202 Å². The van der Waals surface area contributed by atoms with Crippen molar-refractivity contribution in [1.82, 2.24) is 9.91 Å². The Morgan fingerprint density at radius 1 is 1.00 bits per heavy atom. The molecule has 3 aromatic carbocycles. The van der Waals surface area contributed by atoms with Crippen molar-refractivity contribution in [3.05, 3.63) is 107 Å². The van der Waals surface area contributed by atoms with E-state index in [4.69, 9.17) is 4.74 Å². The summed E-state index contributed by atoms with van der Waals surface area (Å²) in [6.07, 6.45) is 0.442. The standard InChI is InChI=1S/C27H25F2N3O3/c1-35-15-14-31(27(34)21-8-5-9-23(29)16-21)18-26(33)32-25(20-6-3-2-4-7-20)17-24(30-32)19-10-12-22(28)13-11-19/h2-13,16,25H,14-15,17-18H2,1H3/t25-/m0/s1. The fourth-order valence-electron chi connectivity index (χ4n) is 3.99. The second-order valence-corrected chi connectivity index (χ2v) is 8.15. The molecule has 0 N–H and O–H groups in total. The van der Waals surface area contributed by atoms with Crippen LogP contribution in [0.4, 0.5) is 8.78 Å². The summed E-state index contributed by atoms with van der Waals surface area (Å²) in [4.78, 5) is 27.9. The van der Waals surface area contributed by atoms with Gasteiger partial charge in [0, 0.05) is 25.6 Å². The summed E-state index contributed by atoms with van der Waals surface area (Å²) in [6, 6.07) is 20.4. The number of carbonyl (C=O) groups excluding carboxylic acids is 2. The molecular formula is C27H25F2N3O3. The van der Waals surface area contributed by atoms with Crippen molar-refractivity contribution in [3.63, 3.8) is 0 Å². The first kappa shape index (κ1) is 24.2. The van der Waals surface area contributed by atoms with Gasteiger partial charge in [0.25, 0.3) is 11.8 Å². The molecule has 0 spiro atoms. The second-order valence-electron chi connectivity index (χ2n) is 8.15. The van der Waals surface area contributed by atoms with E-state index in [-0.39, 0.29) is 37.1 Å². The summed E-state index contributed by atoms with van der Waals surface area (Å²) in [5.41, 5.74) is 2.40. The molecular weight excluding hydrogens is 452 g/mol. The van der Waals surface area contributed by atoms with E-state index >= 15 is 0 Å². The number of carbonyl (C=O) groups is 2. The van der Waals surface area contributed by atoms with E-state index in [1.54, 1.807) is 12.1 Å². The number of halogens is 2. The van der Waals surface area contributed by atoms with Crippen molar-refractivity contribution in [2.75, 3.05) is 26.8 Å². The number of rotatable bonds is 8. The van der Waals surface area contributed by atoms with E-state index in [0.29, 0.717) is 12.1 Å². The number of benzene rings is 3. The molecule has 0 radical (unpaired) electrons. The Bertz CT molecular complexity index is 1220. The molecule has 0 unspecified atom stereocenters. The lowest BCUT2D eigenvalue weighted by molar-refractivity contribution is -0.133. The van der Waals surface area contributed by atoms with Crippen LogP contribution in [0.25, 0.3) is 0 Å². The number of amides is 2. The maximum Gasteiger partial charge on any atom is 0.262 e. The Hall–Kier alpha value is -3.91. The van der Waals surface area contributed by atoms with Gasteiger partial charge in [-0.25, -0.2) is 13.8 Å². The minimum atomic E-state index is -0.536. The van der Waals surface area contributed by atoms with Crippen molar-refractivity contribution in [1.29, 1.82) is 0 Å². The molecule has 0 fully saturated rings. The highest BCUT2D eigenvalue weighted by molar-refractivity contribution is 6.03. The molecule has 0 bridgehead atoms. The molecule has 0 aliphatic carbocycles. The van der Waals surface area contributed by atoms with Crippen molar-refractivity contribution >= 4 is 17.5 Å². The number of methoxy groups -OCH3 is 1. The summed E-state index contributed by atoms with van der Waals surface area (Å²) in [5, 5.41) is 5.96. The molecule has 0 aromatic heterocycles. The van der Waals surface area contributed by atoms with Crippen LogP contribution in [-0.2, 0) is 9.53 Å². The van der Waals surface area contributed by atoms with Gasteiger partial charge in [-0.3, -0.25) is 9.59 Å². The van der Waals surface area contributed by atoms with Crippen LogP contribution in [-0.4, -0.2) is 54.2 Å². The summed E-state index contributed by atoms with van der Waals surface area (Å²) in [6.45, 7) is 0.0960. The van der Waals surface area contributed by atoms with Gasteiger partial charge < -0.3 is 9.64 Å². The lowest BCUT2D eigenvalue weighted by atomic mass is 9.98. The van der Waals surface area contributed by atoms with Crippen LogP contribution in [0.3, 0.4) is 0 Å². The lowest BCUT2D eigenvalue weighted by Gasteiger charge is -2.27. The fraction of sp³-hybridized carbons (Fsp3) is 0.222. The molecule has 1 aliphatic rings. The van der Waals surface area contributed by atoms with Gasteiger partial charge in [0.05, 0.1) is 18.4 Å². The smallest absolute Gasteiger partial charge is 0.262 e. The van der Waals surface area contributed by atoms with Crippen LogP contribution in [0, 0.1) is 11.6 Å². The third-order valence-corrected chi connectivity index (χ3v) is 5.78. The molecule has 3 aromatic rings. The normalized spacial score (nSPS) is 15.1. The van der Waals surface area contributed by atoms with Gasteiger partial charge in [-0.1, -0.05) is 48.5 Å². The zero-order valence-electron chi connectivity index (χ0n) is 19.2. The molecule has 1 atom stereocenters. The molecule has 35 heavy (non-hydrogen) atoms. The van der Waals surface area contributed by atoms with Gasteiger partial charge >= 0.3 is 0 Å². The van der Waals surface area contributed by atoms with E-state index in [1.165, 1.54) is 47.4 Å². The number of hydrazone groups is 1. The first-order valence-electron chi connectivity index (χ1n) is 11.2. The van der Waals surface area contributed by atoms with Gasteiger partial charge in [-0.2, -0.15) is 5.10 Å². The van der Waals surface area contributed by atoms with Crippen LogP contribution in [0.2, 0.25) is 0 Å². The first-order chi connectivity index (χ1) is 17.0. The SMILES string of the molecule is COCCN(CC(=O)N1N=C(c2ccc(F)cc2)C[C@H]1c1ccccc1)C(=O)c1cccc(F)c1. The predicted octanol–water partition coefficient (Wildman–Crippen LogP) is 4.43. The van der Waals surface area contributed by atoms with Crippen molar-refractivity contribution in [2.45, 2.75) is 12.5 Å². The topological polar surface area (TPSA) is 62.2 Å².